The lowest BCUT2D eigenvalue weighted by Gasteiger charge is -2.39. The van der Waals surface area contributed by atoms with E-state index < -0.39 is 0 Å². The van der Waals surface area contributed by atoms with Gasteiger partial charge in [-0.25, -0.2) is 14.5 Å². The predicted molar refractivity (Wildman–Crippen MR) is 131 cm³/mol. The zero-order valence-corrected chi connectivity index (χ0v) is 20.8. The number of rotatable bonds is 5. The topological polar surface area (TPSA) is 87.5 Å². The number of aromatic nitrogens is 6. The van der Waals surface area contributed by atoms with Gasteiger partial charge in [-0.05, 0) is 32.9 Å². The summed E-state index contributed by atoms with van der Waals surface area (Å²) in [7, 11) is 3.83. The zero-order chi connectivity index (χ0) is 23.3. The van der Waals surface area contributed by atoms with Crippen molar-refractivity contribution in [1.82, 2.24) is 34.7 Å². The van der Waals surface area contributed by atoms with E-state index in [2.05, 4.69) is 59.7 Å². The lowest BCUT2D eigenvalue weighted by atomic mass is 9.97. The monoisotopic (exact) mass is 466 g/mol. The van der Waals surface area contributed by atoms with E-state index >= 15 is 0 Å². The first-order chi connectivity index (χ1) is 15.9. The third kappa shape index (κ3) is 3.76. The number of fused-ring (bicyclic) bond motifs is 1. The van der Waals surface area contributed by atoms with Crippen LogP contribution in [0.1, 0.15) is 37.9 Å². The number of thiazole rings is 1. The number of methoxy groups -OCH3 is 1. The average Bonchev–Trinajstić information content (AvgIpc) is 3.50. The van der Waals surface area contributed by atoms with Gasteiger partial charge in [0, 0.05) is 43.0 Å². The Morgan fingerprint density at radius 3 is 2.82 bits per heavy atom. The molecule has 1 aliphatic heterocycles. The molecule has 9 nitrogen and oxygen atoms in total. The minimum atomic E-state index is 0.251. The molecule has 0 aliphatic carbocycles. The fourth-order valence-corrected chi connectivity index (χ4v) is 5.88. The standard InChI is InChI=1S/C23H30N8OS/c1-13(2)18-19(16-9-17(32-6)21-24-12-25-31(21)11-16)27-28-20(18)22-26-15(4)23(33-22)30-8-7-29(5)10-14(30)3/h9,11-14H,7-8,10H2,1-6H3,(H,27,28). The molecule has 1 fully saturated rings. The van der Waals surface area contributed by atoms with Crippen LogP contribution in [0.3, 0.4) is 0 Å². The van der Waals surface area contributed by atoms with Crippen molar-refractivity contribution in [3.8, 4) is 27.7 Å². The lowest BCUT2D eigenvalue weighted by molar-refractivity contribution is 0.276. The van der Waals surface area contributed by atoms with E-state index in [1.807, 2.05) is 12.3 Å². The van der Waals surface area contributed by atoms with E-state index in [-0.39, 0.29) is 5.92 Å². The number of hydrogen-bond acceptors (Lipinski definition) is 8. The molecular formula is C23H30N8OS. The highest BCUT2D eigenvalue weighted by atomic mass is 32.1. The molecule has 10 heteroatoms. The molecule has 4 aromatic heterocycles. The molecule has 1 N–H and O–H groups in total. The summed E-state index contributed by atoms with van der Waals surface area (Å²) in [5, 5.41) is 14.6. The lowest BCUT2D eigenvalue weighted by Crippen LogP contribution is -2.50. The maximum absolute atomic E-state index is 5.56. The second-order valence-electron chi connectivity index (χ2n) is 9.06. The molecule has 0 amide bonds. The fourth-order valence-electron chi connectivity index (χ4n) is 4.67. The van der Waals surface area contributed by atoms with Gasteiger partial charge in [-0.1, -0.05) is 25.2 Å². The Hall–Kier alpha value is -2.98. The highest BCUT2D eigenvalue weighted by molar-refractivity contribution is 7.19. The summed E-state index contributed by atoms with van der Waals surface area (Å²) in [4.78, 5) is 14.1. The number of H-pyrrole nitrogens is 1. The van der Waals surface area contributed by atoms with E-state index in [0.29, 0.717) is 17.4 Å². The number of pyridine rings is 1. The molecule has 5 heterocycles. The molecule has 1 aliphatic rings. The van der Waals surface area contributed by atoms with Gasteiger partial charge in [-0.15, -0.1) is 0 Å². The minimum absolute atomic E-state index is 0.251. The molecule has 174 valence electrons. The van der Waals surface area contributed by atoms with Gasteiger partial charge in [0.05, 0.1) is 24.2 Å². The maximum Gasteiger partial charge on any atom is 0.197 e. The Morgan fingerprint density at radius 1 is 1.27 bits per heavy atom. The number of aryl methyl sites for hydroxylation is 1. The van der Waals surface area contributed by atoms with Crippen molar-refractivity contribution in [2.45, 2.75) is 39.7 Å². The summed E-state index contributed by atoms with van der Waals surface area (Å²) in [6, 6.07) is 2.43. The van der Waals surface area contributed by atoms with Crippen molar-refractivity contribution in [1.29, 1.82) is 0 Å². The van der Waals surface area contributed by atoms with E-state index in [1.54, 1.807) is 23.0 Å². The number of hydrogen-bond donors (Lipinski definition) is 1. The van der Waals surface area contributed by atoms with E-state index in [0.717, 1.165) is 52.9 Å². The summed E-state index contributed by atoms with van der Waals surface area (Å²) in [5.41, 5.74) is 5.70. The van der Waals surface area contributed by atoms with Crippen LogP contribution in [0.15, 0.2) is 18.6 Å². The molecule has 4 aromatic rings. The summed E-state index contributed by atoms with van der Waals surface area (Å²) in [6.07, 6.45) is 3.47. The first kappa shape index (κ1) is 21.8. The van der Waals surface area contributed by atoms with Gasteiger partial charge in [0.25, 0.3) is 0 Å². The van der Waals surface area contributed by atoms with Gasteiger partial charge < -0.3 is 14.5 Å². The van der Waals surface area contributed by atoms with Crippen LogP contribution < -0.4 is 9.64 Å². The molecule has 0 radical (unpaired) electrons. The first-order valence-corrected chi connectivity index (χ1v) is 12.1. The number of likely N-dealkylation sites (N-methyl/N-ethyl adjacent to an activating group) is 1. The molecule has 0 aromatic carbocycles. The molecule has 1 atom stereocenters. The van der Waals surface area contributed by atoms with Crippen molar-refractivity contribution in [3.05, 3.63) is 29.8 Å². The second kappa shape index (κ2) is 8.42. The first-order valence-electron chi connectivity index (χ1n) is 11.3. The van der Waals surface area contributed by atoms with Crippen molar-refractivity contribution in [2.24, 2.45) is 0 Å². The third-order valence-corrected chi connectivity index (χ3v) is 7.51. The number of anilines is 1. The Morgan fingerprint density at radius 2 is 2.09 bits per heavy atom. The predicted octanol–water partition coefficient (Wildman–Crippen LogP) is 3.82. The van der Waals surface area contributed by atoms with Gasteiger partial charge in [-0.2, -0.15) is 10.2 Å². The molecule has 5 rings (SSSR count). The van der Waals surface area contributed by atoms with Crippen molar-refractivity contribution in [2.75, 3.05) is 38.7 Å². The van der Waals surface area contributed by atoms with Crippen LogP contribution in [-0.4, -0.2) is 74.5 Å². The number of piperazine rings is 1. The number of aromatic amines is 1. The highest BCUT2D eigenvalue weighted by Crippen LogP contribution is 2.41. The molecule has 33 heavy (non-hydrogen) atoms. The second-order valence-corrected chi connectivity index (χ2v) is 10.0. The highest BCUT2D eigenvalue weighted by Gasteiger charge is 2.28. The van der Waals surface area contributed by atoms with Crippen LogP contribution in [0.2, 0.25) is 0 Å². The quantitative estimate of drug-likeness (QED) is 0.478. The Kier molecular flexibility index (Phi) is 5.57. The Labute approximate surface area is 197 Å². The normalized spacial score (nSPS) is 17.4. The zero-order valence-electron chi connectivity index (χ0n) is 20.0. The van der Waals surface area contributed by atoms with Crippen LogP contribution in [-0.2, 0) is 0 Å². The molecular weight excluding hydrogens is 436 g/mol. The summed E-state index contributed by atoms with van der Waals surface area (Å²) < 4.78 is 7.29. The molecule has 0 spiro atoms. The minimum Gasteiger partial charge on any atom is -0.493 e. The van der Waals surface area contributed by atoms with Crippen LogP contribution in [0.25, 0.3) is 27.6 Å². The van der Waals surface area contributed by atoms with Gasteiger partial charge >= 0.3 is 0 Å². The van der Waals surface area contributed by atoms with Crippen molar-refractivity contribution >= 4 is 22.0 Å². The van der Waals surface area contributed by atoms with E-state index in [9.17, 15) is 0 Å². The van der Waals surface area contributed by atoms with Crippen LogP contribution >= 0.6 is 11.3 Å². The third-order valence-electron chi connectivity index (χ3n) is 6.29. The Balaban J connectivity index is 1.58. The molecule has 0 saturated carbocycles. The van der Waals surface area contributed by atoms with Gasteiger partial charge in [0.2, 0.25) is 0 Å². The number of ether oxygens (including phenoxy) is 1. The van der Waals surface area contributed by atoms with Crippen molar-refractivity contribution < 1.29 is 4.74 Å². The number of nitrogens with zero attached hydrogens (tertiary/aromatic N) is 7. The molecule has 1 unspecified atom stereocenters. The SMILES string of the molecule is COc1cc(-c2n[nH]c(-c3nc(C)c(N4CCN(C)CC4C)s3)c2C(C)C)cn2ncnc12. The van der Waals surface area contributed by atoms with Crippen LogP contribution in [0.5, 0.6) is 5.75 Å². The fraction of sp³-hybridized carbons (Fsp3) is 0.478. The maximum atomic E-state index is 5.56. The van der Waals surface area contributed by atoms with E-state index in [4.69, 9.17) is 14.8 Å². The average molecular weight is 467 g/mol. The molecule has 0 bridgehead atoms. The van der Waals surface area contributed by atoms with Gasteiger partial charge in [0.1, 0.15) is 16.3 Å². The Bertz CT molecular complexity index is 1290. The largest absolute Gasteiger partial charge is 0.493 e. The van der Waals surface area contributed by atoms with E-state index in [1.165, 1.54) is 11.3 Å². The smallest absolute Gasteiger partial charge is 0.197 e. The molecule has 1 saturated heterocycles. The summed E-state index contributed by atoms with van der Waals surface area (Å²) >= 11 is 1.75. The van der Waals surface area contributed by atoms with Crippen LogP contribution in [0, 0.1) is 6.92 Å². The number of nitrogens with one attached hydrogen (secondary N) is 1. The van der Waals surface area contributed by atoms with Crippen molar-refractivity contribution in [3.63, 3.8) is 0 Å². The summed E-state index contributed by atoms with van der Waals surface area (Å²) in [6.45, 7) is 11.9. The van der Waals surface area contributed by atoms with Gasteiger partial charge in [-0.3, -0.25) is 5.10 Å². The summed E-state index contributed by atoms with van der Waals surface area (Å²) in [5.74, 6) is 0.919. The van der Waals surface area contributed by atoms with Gasteiger partial charge in [0.15, 0.2) is 11.4 Å². The van der Waals surface area contributed by atoms with Crippen LogP contribution in [0.4, 0.5) is 5.00 Å².